The van der Waals surface area contributed by atoms with Crippen molar-refractivity contribution in [2.75, 3.05) is 5.32 Å². The van der Waals surface area contributed by atoms with Gasteiger partial charge >= 0.3 is 5.63 Å². The molecule has 0 unspecified atom stereocenters. The molecule has 1 N–H and O–H groups in total. The van der Waals surface area contributed by atoms with Crippen LogP contribution >= 0.6 is 27.3 Å². The number of nitrogens with zero attached hydrogens (tertiary/aromatic N) is 2. The van der Waals surface area contributed by atoms with Gasteiger partial charge in [-0.05, 0) is 52.7 Å². The molecule has 2 aromatic heterocycles. The number of hydrogen-bond donors (Lipinski definition) is 1. The summed E-state index contributed by atoms with van der Waals surface area (Å²) in [6.07, 6.45) is 1.61. The van der Waals surface area contributed by atoms with Crippen LogP contribution in [0, 0.1) is 18.3 Å². The van der Waals surface area contributed by atoms with Gasteiger partial charge in [0.2, 0.25) is 0 Å². The number of aryl methyl sites for hydroxylation is 1. The zero-order valence-corrected chi connectivity index (χ0v) is 17.7. The molecule has 0 bridgehead atoms. The van der Waals surface area contributed by atoms with E-state index in [1.54, 1.807) is 23.7 Å². The van der Waals surface area contributed by atoms with Crippen molar-refractivity contribution in [2.24, 2.45) is 0 Å². The van der Waals surface area contributed by atoms with Gasteiger partial charge in [-0.25, -0.2) is 9.78 Å². The largest absolute Gasteiger partial charge is 0.422 e. The Morgan fingerprint density at radius 3 is 2.90 bits per heavy atom. The van der Waals surface area contributed by atoms with E-state index in [9.17, 15) is 10.1 Å². The van der Waals surface area contributed by atoms with E-state index in [-0.39, 0.29) is 0 Å². The molecule has 4 aromatic rings. The summed E-state index contributed by atoms with van der Waals surface area (Å²) < 4.78 is 6.29. The van der Waals surface area contributed by atoms with Crippen LogP contribution in [0.2, 0.25) is 0 Å². The lowest BCUT2D eigenvalue weighted by molar-refractivity contribution is 0.563. The third kappa shape index (κ3) is 3.99. The number of benzene rings is 2. The summed E-state index contributed by atoms with van der Waals surface area (Å²) in [7, 11) is 0. The number of aromatic nitrogens is 1. The summed E-state index contributed by atoms with van der Waals surface area (Å²) >= 11 is 4.80. The second kappa shape index (κ2) is 8.03. The van der Waals surface area contributed by atoms with E-state index in [1.165, 1.54) is 11.3 Å². The number of thiazole rings is 1. The number of anilines is 1. The van der Waals surface area contributed by atoms with E-state index < -0.39 is 5.63 Å². The van der Waals surface area contributed by atoms with Crippen molar-refractivity contribution < 1.29 is 4.42 Å². The maximum atomic E-state index is 12.4. The number of nitriles is 1. The van der Waals surface area contributed by atoms with Crippen LogP contribution in [0.5, 0.6) is 0 Å². The first kappa shape index (κ1) is 19.1. The molecule has 2 aromatic carbocycles. The van der Waals surface area contributed by atoms with Crippen molar-refractivity contribution in [2.45, 2.75) is 6.92 Å². The molecule has 0 spiro atoms. The topological polar surface area (TPSA) is 78.9 Å². The Labute approximate surface area is 179 Å². The minimum Gasteiger partial charge on any atom is -0.422 e. The van der Waals surface area contributed by atoms with E-state index in [2.05, 4.69) is 32.3 Å². The first-order valence-corrected chi connectivity index (χ1v) is 10.3. The van der Waals surface area contributed by atoms with Gasteiger partial charge < -0.3 is 9.73 Å². The van der Waals surface area contributed by atoms with Crippen LogP contribution in [0.15, 0.2) is 73.8 Å². The molecule has 2 heterocycles. The van der Waals surface area contributed by atoms with Gasteiger partial charge in [0.25, 0.3) is 0 Å². The Morgan fingerprint density at radius 2 is 2.10 bits per heavy atom. The van der Waals surface area contributed by atoms with Crippen molar-refractivity contribution in [1.29, 1.82) is 5.26 Å². The van der Waals surface area contributed by atoms with Crippen molar-refractivity contribution in [1.82, 2.24) is 4.98 Å². The van der Waals surface area contributed by atoms with Gasteiger partial charge in [0.1, 0.15) is 22.2 Å². The third-order valence-corrected chi connectivity index (χ3v) is 5.80. The van der Waals surface area contributed by atoms with E-state index in [0.717, 1.165) is 21.1 Å². The van der Waals surface area contributed by atoms with Gasteiger partial charge in [-0.1, -0.05) is 24.3 Å². The van der Waals surface area contributed by atoms with Gasteiger partial charge in [-0.2, -0.15) is 5.26 Å². The Bertz CT molecular complexity index is 1350. The molecule has 0 radical (unpaired) electrons. The smallest absolute Gasteiger partial charge is 0.345 e. The third-order valence-electron chi connectivity index (χ3n) is 4.27. The molecule has 142 valence electrons. The van der Waals surface area contributed by atoms with Gasteiger partial charge in [-0.15, -0.1) is 11.3 Å². The lowest BCUT2D eigenvalue weighted by Crippen LogP contribution is -2.02. The zero-order valence-electron chi connectivity index (χ0n) is 15.3. The highest BCUT2D eigenvalue weighted by atomic mass is 79.9. The molecule has 4 rings (SSSR count). The number of halogens is 1. The van der Waals surface area contributed by atoms with Crippen LogP contribution in [0.4, 0.5) is 5.69 Å². The van der Waals surface area contributed by atoms with E-state index >= 15 is 0 Å². The van der Waals surface area contributed by atoms with Crippen molar-refractivity contribution in [3.8, 4) is 17.3 Å². The summed E-state index contributed by atoms with van der Waals surface area (Å²) in [6, 6.07) is 17.1. The first-order valence-electron chi connectivity index (χ1n) is 8.67. The predicted octanol–water partition coefficient (Wildman–Crippen LogP) is 5.96. The van der Waals surface area contributed by atoms with Gasteiger partial charge in [0.05, 0.1) is 16.9 Å². The number of para-hydroxylation sites is 1. The molecule has 0 fully saturated rings. The van der Waals surface area contributed by atoms with Crippen LogP contribution < -0.4 is 10.9 Å². The van der Waals surface area contributed by atoms with E-state index in [0.29, 0.717) is 27.4 Å². The van der Waals surface area contributed by atoms with Crippen LogP contribution in [0.25, 0.3) is 27.8 Å². The zero-order chi connectivity index (χ0) is 20.4. The maximum Gasteiger partial charge on any atom is 0.345 e. The van der Waals surface area contributed by atoms with Crippen molar-refractivity contribution in [3.63, 3.8) is 0 Å². The summed E-state index contributed by atoms with van der Waals surface area (Å²) in [4.78, 5) is 16.8. The normalized spacial score (nSPS) is 11.4. The van der Waals surface area contributed by atoms with Crippen molar-refractivity contribution >= 4 is 49.5 Å². The minimum atomic E-state index is -0.454. The quantitative estimate of drug-likeness (QED) is 0.298. The fourth-order valence-electron chi connectivity index (χ4n) is 2.79. The Balaban J connectivity index is 1.66. The lowest BCUT2D eigenvalue weighted by atomic mass is 10.1. The molecule has 7 heteroatoms. The molecular weight excluding hydrogens is 450 g/mol. The fourth-order valence-corrected chi connectivity index (χ4v) is 4.18. The molecule has 0 aliphatic heterocycles. The number of fused-ring (bicyclic) bond motifs is 1. The Morgan fingerprint density at radius 1 is 1.28 bits per heavy atom. The number of hydrogen-bond acceptors (Lipinski definition) is 6. The molecule has 5 nitrogen and oxygen atoms in total. The van der Waals surface area contributed by atoms with Gasteiger partial charge in [-0.3, -0.25) is 0 Å². The lowest BCUT2D eigenvalue weighted by Gasteiger charge is -2.05. The number of allylic oxidation sites excluding steroid dienone is 1. The highest BCUT2D eigenvalue weighted by Crippen LogP contribution is 2.28. The van der Waals surface area contributed by atoms with Gasteiger partial charge in [0, 0.05) is 21.4 Å². The average molecular weight is 464 g/mol. The van der Waals surface area contributed by atoms with Crippen LogP contribution in [-0.4, -0.2) is 4.98 Å². The summed E-state index contributed by atoms with van der Waals surface area (Å²) in [5.41, 5.74) is 3.28. The predicted molar refractivity (Wildman–Crippen MR) is 120 cm³/mol. The van der Waals surface area contributed by atoms with Crippen molar-refractivity contribution in [3.05, 3.63) is 85.6 Å². The molecule has 0 aliphatic carbocycles. The second-order valence-electron chi connectivity index (χ2n) is 6.32. The average Bonchev–Trinajstić information content (AvgIpc) is 3.19. The number of nitrogens with one attached hydrogen (secondary N) is 1. The molecule has 0 amide bonds. The summed E-state index contributed by atoms with van der Waals surface area (Å²) in [6.45, 7) is 2.01. The number of rotatable bonds is 4. The molecule has 0 saturated carbocycles. The van der Waals surface area contributed by atoms with Crippen LogP contribution in [0.3, 0.4) is 0 Å². The summed E-state index contributed by atoms with van der Waals surface area (Å²) in [5.74, 6) is 0. The highest BCUT2D eigenvalue weighted by molar-refractivity contribution is 9.10. The Kier molecular flexibility index (Phi) is 5.30. The van der Waals surface area contributed by atoms with E-state index in [4.69, 9.17) is 4.42 Å². The standard InChI is InChI=1S/C22H14BrN3O2S/c1-13-6-7-18(17(23)8-13)25-11-15(10-24)21-26-19(12-29-21)16-9-14-4-2-3-5-20(14)28-22(16)27/h2-9,11-12,25H,1H3. The summed E-state index contributed by atoms with van der Waals surface area (Å²) in [5, 5.41) is 15.8. The molecule has 0 atom stereocenters. The second-order valence-corrected chi connectivity index (χ2v) is 8.03. The fraction of sp³-hybridized carbons (Fsp3) is 0.0455. The molecule has 29 heavy (non-hydrogen) atoms. The van der Waals surface area contributed by atoms with E-state index in [1.807, 2.05) is 43.3 Å². The van der Waals surface area contributed by atoms with Crippen LogP contribution in [0.1, 0.15) is 10.6 Å². The molecule has 0 aliphatic rings. The molecule has 0 saturated heterocycles. The molecular formula is C22H14BrN3O2S. The van der Waals surface area contributed by atoms with Gasteiger partial charge in [0.15, 0.2) is 0 Å². The SMILES string of the molecule is Cc1ccc(NC=C(C#N)c2nc(-c3cc4ccccc4oc3=O)cs2)c(Br)c1. The Hall–Kier alpha value is -3.21. The minimum absolute atomic E-state index is 0.373. The monoisotopic (exact) mass is 463 g/mol. The highest BCUT2D eigenvalue weighted by Gasteiger charge is 2.14. The maximum absolute atomic E-state index is 12.4. The van der Waals surface area contributed by atoms with Crippen LogP contribution in [-0.2, 0) is 0 Å². The first-order chi connectivity index (χ1) is 14.0.